The van der Waals surface area contributed by atoms with E-state index in [2.05, 4.69) is 19.4 Å². The van der Waals surface area contributed by atoms with E-state index in [1.807, 2.05) is 68.2 Å². The van der Waals surface area contributed by atoms with E-state index in [0.29, 0.717) is 50.3 Å². The summed E-state index contributed by atoms with van der Waals surface area (Å²) in [6.45, 7) is 11.5. The summed E-state index contributed by atoms with van der Waals surface area (Å²) in [6, 6.07) is 7.39. The molecule has 3 rings (SSSR count). The molecule has 2 amide bonds. The topological polar surface area (TPSA) is 73.3 Å². The van der Waals surface area contributed by atoms with Crippen LogP contribution in [0.4, 0.5) is 0 Å². The van der Waals surface area contributed by atoms with Crippen LogP contribution in [0.15, 0.2) is 95.9 Å². The number of nitrogens with zero attached hydrogens (tertiary/aromatic N) is 3. The second-order valence-electron chi connectivity index (χ2n) is 9.37. The van der Waals surface area contributed by atoms with E-state index in [9.17, 15) is 14.7 Å². The van der Waals surface area contributed by atoms with Gasteiger partial charge in [-0.2, -0.15) is 0 Å². The number of aliphatic hydroxyl groups is 1. The Hall–Kier alpha value is -3.83. The number of amides is 2. The van der Waals surface area contributed by atoms with Crippen molar-refractivity contribution in [1.82, 2.24) is 14.7 Å². The zero-order chi connectivity index (χ0) is 31.5. The number of terminal acetylenes is 1. The number of ether oxygens (including phenoxy) is 1. The van der Waals surface area contributed by atoms with E-state index in [1.54, 1.807) is 41.2 Å². The van der Waals surface area contributed by atoms with Crippen LogP contribution >= 0.6 is 11.6 Å². The monoisotopic (exact) mass is 593 g/mol. The van der Waals surface area contributed by atoms with Crippen LogP contribution in [0.1, 0.15) is 49.5 Å². The smallest absolute Gasteiger partial charge is 0.254 e. The molecular weight excluding hydrogens is 550 g/mol. The summed E-state index contributed by atoms with van der Waals surface area (Å²) in [4.78, 5) is 31.6. The molecule has 1 unspecified atom stereocenters. The first-order valence-corrected chi connectivity index (χ1v) is 14.3. The molecule has 226 valence electrons. The van der Waals surface area contributed by atoms with E-state index in [1.165, 1.54) is 5.54 Å². The van der Waals surface area contributed by atoms with Crippen molar-refractivity contribution >= 4 is 23.4 Å². The first-order chi connectivity index (χ1) is 20.3. The third kappa shape index (κ3) is 11.2. The summed E-state index contributed by atoms with van der Waals surface area (Å²) in [6.07, 6.45) is 21.4. The van der Waals surface area contributed by atoms with E-state index < -0.39 is 6.23 Å². The molecule has 2 bridgehead atoms. The molecule has 8 heteroatoms. The molecular formula is C34H44ClN3O4. The fourth-order valence-electron chi connectivity index (χ4n) is 4.34. The Balaban J connectivity index is 0.00000135. The van der Waals surface area contributed by atoms with Crippen LogP contribution in [-0.4, -0.2) is 71.1 Å². The van der Waals surface area contributed by atoms with E-state index >= 15 is 0 Å². The predicted octanol–water partition coefficient (Wildman–Crippen LogP) is 6.02. The maximum Gasteiger partial charge on any atom is 0.254 e. The highest BCUT2D eigenvalue weighted by Crippen LogP contribution is 2.27. The Morgan fingerprint density at radius 1 is 1.19 bits per heavy atom. The normalized spacial score (nSPS) is 15.9. The molecule has 42 heavy (non-hydrogen) atoms. The fraction of sp³-hybridized carbons (Fsp3) is 0.353. The number of carbonyl (C=O) groups is 2. The van der Waals surface area contributed by atoms with Crippen molar-refractivity contribution < 1.29 is 19.4 Å². The van der Waals surface area contributed by atoms with Gasteiger partial charge in [0.25, 0.3) is 5.91 Å². The highest BCUT2D eigenvalue weighted by Gasteiger charge is 2.29. The van der Waals surface area contributed by atoms with E-state index in [0.717, 1.165) is 16.8 Å². The first kappa shape index (κ1) is 36.2. The molecule has 1 heterocycles. The van der Waals surface area contributed by atoms with E-state index in [-0.39, 0.29) is 18.4 Å². The molecule has 7 nitrogen and oxygen atoms in total. The third-order valence-electron chi connectivity index (χ3n) is 6.52. The SMILES string of the molecule is C#C.C/C=C/Cl.C=CCN(CC)C(=O)c1ccc(CN2C(=O)CN(C(O)C/C=C\C)CC3=CC=C(OC)C=C2C3)cc1. The maximum absolute atomic E-state index is 13.5. The van der Waals surface area contributed by atoms with Crippen molar-refractivity contribution in [1.29, 1.82) is 0 Å². The quantitative estimate of drug-likeness (QED) is 0.265. The minimum Gasteiger partial charge on any atom is -0.497 e. The highest BCUT2D eigenvalue weighted by atomic mass is 35.5. The lowest BCUT2D eigenvalue weighted by Crippen LogP contribution is -2.46. The van der Waals surface area contributed by atoms with Gasteiger partial charge in [0.2, 0.25) is 5.91 Å². The number of benzene rings is 1. The maximum atomic E-state index is 13.5. The number of hydrogen-bond donors (Lipinski definition) is 1. The van der Waals surface area contributed by atoms with Gasteiger partial charge in [-0.1, -0.05) is 59.7 Å². The van der Waals surface area contributed by atoms with Gasteiger partial charge in [-0.15, -0.1) is 19.4 Å². The second kappa shape index (κ2) is 20.1. The molecule has 1 fully saturated rings. The summed E-state index contributed by atoms with van der Waals surface area (Å²) in [5.41, 5.74) is 4.92. The number of likely N-dealkylation sites (N-methyl/N-ethyl adjacent to an activating group) is 1. The van der Waals surface area contributed by atoms with Gasteiger partial charge in [-0.05, 0) is 50.1 Å². The molecule has 0 saturated carbocycles. The molecule has 0 radical (unpaired) electrons. The van der Waals surface area contributed by atoms with Crippen LogP contribution in [-0.2, 0) is 16.1 Å². The molecule has 1 aliphatic carbocycles. The van der Waals surface area contributed by atoms with Crippen LogP contribution in [0.5, 0.6) is 0 Å². The average Bonchev–Trinajstić information content (AvgIpc) is 3.24. The minimum absolute atomic E-state index is 0.0480. The second-order valence-corrected chi connectivity index (χ2v) is 9.62. The molecule has 2 aliphatic rings. The molecule has 1 aromatic carbocycles. The van der Waals surface area contributed by atoms with Crippen molar-refractivity contribution in [2.75, 3.05) is 33.3 Å². The van der Waals surface area contributed by atoms with Crippen LogP contribution in [0, 0.1) is 12.8 Å². The summed E-state index contributed by atoms with van der Waals surface area (Å²) < 4.78 is 5.50. The Morgan fingerprint density at radius 2 is 1.86 bits per heavy atom. The van der Waals surface area contributed by atoms with Gasteiger partial charge >= 0.3 is 0 Å². The first-order valence-electron chi connectivity index (χ1n) is 13.8. The van der Waals surface area contributed by atoms with Gasteiger partial charge in [0.1, 0.15) is 12.0 Å². The number of allylic oxidation sites excluding steroid dienone is 6. The lowest BCUT2D eigenvalue weighted by molar-refractivity contribution is -0.134. The Morgan fingerprint density at radius 3 is 2.40 bits per heavy atom. The van der Waals surface area contributed by atoms with Gasteiger partial charge < -0.3 is 19.6 Å². The van der Waals surface area contributed by atoms with Gasteiger partial charge in [0, 0.05) is 49.8 Å². The van der Waals surface area contributed by atoms with Gasteiger partial charge in [-0.3, -0.25) is 14.5 Å². The van der Waals surface area contributed by atoms with E-state index in [4.69, 9.17) is 16.3 Å². The van der Waals surface area contributed by atoms with Crippen molar-refractivity contribution in [3.05, 3.63) is 107 Å². The zero-order valence-electron chi connectivity index (χ0n) is 25.2. The minimum atomic E-state index is -0.755. The third-order valence-corrected chi connectivity index (χ3v) is 6.77. The summed E-state index contributed by atoms with van der Waals surface area (Å²) in [5.74, 6) is 0.525. The molecule has 1 aromatic rings. The zero-order valence-corrected chi connectivity index (χ0v) is 26.0. The summed E-state index contributed by atoms with van der Waals surface area (Å²) in [5, 5.41) is 10.7. The van der Waals surface area contributed by atoms with Gasteiger partial charge in [0.15, 0.2) is 0 Å². The molecule has 1 saturated heterocycles. The van der Waals surface area contributed by atoms with Crippen molar-refractivity contribution in [3.8, 4) is 12.8 Å². The Bertz CT molecular complexity index is 1190. The van der Waals surface area contributed by atoms with Gasteiger partial charge in [-0.25, -0.2) is 0 Å². The fourth-order valence-corrected chi connectivity index (χ4v) is 4.34. The Labute approximate surface area is 256 Å². The number of hydrogen-bond acceptors (Lipinski definition) is 5. The van der Waals surface area contributed by atoms with Gasteiger partial charge in [0.05, 0.1) is 20.2 Å². The van der Waals surface area contributed by atoms with Crippen molar-refractivity contribution in [3.63, 3.8) is 0 Å². The van der Waals surface area contributed by atoms with Crippen LogP contribution < -0.4 is 0 Å². The van der Waals surface area contributed by atoms with Crippen molar-refractivity contribution in [2.24, 2.45) is 0 Å². The molecule has 0 aromatic heterocycles. The number of carbonyl (C=O) groups excluding carboxylic acids is 2. The summed E-state index contributed by atoms with van der Waals surface area (Å²) in [7, 11) is 1.61. The number of aliphatic hydroxyl groups excluding tert-OH is 1. The molecule has 1 aliphatic heterocycles. The lowest BCUT2D eigenvalue weighted by atomic mass is 10.0. The number of fused-ring (bicyclic) bond motifs is 2. The van der Waals surface area contributed by atoms with Crippen LogP contribution in [0.3, 0.4) is 0 Å². The molecule has 1 atom stereocenters. The number of methoxy groups -OCH3 is 1. The molecule has 1 N–H and O–H groups in total. The predicted molar refractivity (Wildman–Crippen MR) is 172 cm³/mol. The average molecular weight is 594 g/mol. The number of rotatable bonds is 10. The largest absolute Gasteiger partial charge is 0.497 e. The van der Waals surface area contributed by atoms with Crippen LogP contribution in [0.25, 0.3) is 0 Å². The summed E-state index contributed by atoms with van der Waals surface area (Å²) >= 11 is 5.01. The van der Waals surface area contributed by atoms with Crippen molar-refractivity contribution in [2.45, 2.75) is 46.4 Å². The Kier molecular flexibility index (Phi) is 17.3. The highest BCUT2D eigenvalue weighted by molar-refractivity contribution is 6.25. The standard InChI is InChI=1S/C29H37N3O4.C3H5Cl.C2H2/c1-5-8-9-27(33)31-19-23-12-15-26(36-4)18-25(17-23)32(28(34)21-31)20-22-10-13-24(14-11-22)29(35)30(7-3)16-6-2;1-2-3-4;1-2/h5-6,8,10-15,18,27,33H,2,7,9,16-17,19-21H2,1,3-4H3;2-3H,1H3;1-2H/b8-5-;3-2+;. The molecule has 0 spiro atoms. The van der Waals surface area contributed by atoms with Crippen LogP contribution in [0.2, 0.25) is 0 Å². The number of halogens is 1. The lowest BCUT2D eigenvalue weighted by Gasteiger charge is -2.35.